The lowest BCUT2D eigenvalue weighted by Crippen LogP contribution is -2.17. The first kappa shape index (κ1) is 16.4. The molecule has 0 saturated carbocycles. The van der Waals surface area contributed by atoms with Gasteiger partial charge in [-0.05, 0) is 97.7 Å². The molecule has 2 aliphatic rings. The van der Waals surface area contributed by atoms with Crippen LogP contribution in [0.3, 0.4) is 0 Å². The Hall–Kier alpha value is -2.09. The Balaban J connectivity index is 1.56. The number of esters is 1. The lowest BCUT2D eigenvalue weighted by Gasteiger charge is -2.32. The molecule has 0 amide bonds. The number of aryl methyl sites for hydroxylation is 2. The van der Waals surface area contributed by atoms with Crippen LogP contribution in [-0.4, -0.2) is 12.6 Å². The fraction of sp³-hybridized carbons (Fsp3) is 0.435. The van der Waals surface area contributed by atoms with E-state index >= 15 is 0 Å². The molecular weight excluding hydrogens is 308 g/mol. The molecule has 0 spiro atoms. The summed E-state index contributed by atoms with van der Waals surface area (Å²) >= 11 is 0. The van der Waals surface area contributed by atoms with Gasteiger partial charge in [0.25, 0.3) is 0 Å². The Morgan fingerprint density at radius 2 is 1.64 bits per heavy atom. The van der Waals surface area contributed by atoms with Gasteiger partial charge in [-0.25, -0.2) is 4.79 Å². The molecule has 2 aliphatic carbocycles. The van der Waals surface area contributed by atoms with Crippen LogP contribution in [0, 0.1) is 0 Å². The zero-order chi connectivity index (χ0) is 17.2. The minimum absolute atomic E-state index is 0.238. The van der Waals surface area contributed by atoms with Gasteiger partial charge in [-0.2, -0.15) is 0 Å². The van der Waals surface area contributed by atoms with Gasteiger partial charge < -0.3 is 4.74 Å². The van der Waals surface area contributed by atoms with Crippen LogP contribution in [0.15, 0.2) is 36.4 Å². The first-order valence-corrected chi connectivity index (χ1v) is 9.65. The second-order valence-electron chi connectivity index (χ2n) is 7.40. The highest BCUT2D eigenvalue weighted by atomic mass is 16.5. The molecular formula is C23H26O2. The summed E-state index contributed by atoms with van der Waals surface area (Å²) in [5.74, 6) is 0.587. The van der Waals surface area contributed by atoms with Gasteiger partial charge in [0, 0.05) is 0 Å². The molecule has 0 fully saturated rings. The van der Waals surface area contributed by atoms with Crippen LogP contribution in [-0.2, 0) is 24.0 Å². The first-order valence-electron chi connectivity index (χ1n) is 9.65. The van der Waals surface area contributed by atoms with Gasteiger partial charge in [-0.1, -0.05) is 24.3 Å². The fourth-order valence-corrected chi connectivity index (χ4v) is 4.61. The lowest BCUT2D eigenvalue weighted by atomic mass is 9.72. The smallest absolute Gasteiger partial charge is 0.338 e. The summed E-state index contributed by atoms with van der Waals surface area (Å²) in [4.78, 5) is 11.8. The SMILES string of the molecule is CCOC(=O)c1ccc(Cc2cc3c4c(c2)CCCC4CCC3)cc1. The van der Waals surface area contributed by atoms with Crippen LogP contribution < -0.4 is 0 Å². The molecule has 2 aromatic carbocycles. The predicted octanol–water partition coefficient (Wildman–Crippen LogP) is 5.21. The summed E-state index contributed by atoms with van der Waals surface area (Å²) in [6, 6.07) is 12.8. The number of hydrogen-bond donors (Lipinski definition) is 0. The number of carbonyl (C=O) groups is 1. The largest absolute Gasteiger partial charge is 0.462 e. The molecule has 4 rings (SSSR count). The normalized spacial score (nSPS) is 16.4. The summed E-state index contributed by atoms with van der Waals surface area (Å²) in [7, 11) is 0. The lowest BCUT2D eigenvalue weighted by molar-refractivity contribution is 0.0526. The van der Waals surface area contributed by atoms with E-state index in [1.54, 1.807) is 16.7 Å². The maximum atomic E-state index is 11.8. The molecule has 25 heavy (non-hydrogen) atoms. The van der Waals surface area contributed by atoms with Crippen LogP contribution in [0.2, 0.25) is 0 Å². The van der Waals surface area contributed by atoms with E-state index in [4.69, 9.17) is 4.74 Å². The van der Waals surface area contributed by atoms with E-state index in [0.717, 1.165) is 12.3 Å². The van der Waals surface area contributed by atoms with E-state index in [2.05, 4.69) is 24.3 Å². The van der Waals surface area contributed by atoms with Crippen molar-refractivity contribution in [3.63, 3.8) is 0 Å². The van der Waals surface area contributed by atoms with Gasteiger partial charge in [0.2, 0.25) is 0 Å². The molecule has 130 valence electrons. The number of hydrogen-bond acceptors (Lipinski definition) is 2. The number of carbonyl (C=O) groups excluding carboxylic acids is 1. The number of ether oxygens (including phenoxy) is 1. The van der Waals surface area contributed by atoms with Crippen LogP contribution in [0.25, 0.3) is 0 Å². The van der Waals surface area contributed by atoms with E-state index in [0.29, 0.717) is 12.2 Å². The predicted molar refractivity (Wildman–Crippen MR) is 100 cm³/mol. The van der Waals surface area contributed by atoms with Crippen LogP contribution in [0.4, 0.5) is 0 Å². The third-order valence-corrected chi connectivity index (χ3v) is 5.69. The van der Waals surface area contributed by atoms with Crippen molar-refractivity contribution in [2.75, 3.05) is 6.61 Å². The topological polar surface area (TPSA) is 26.3 Å². The van der Waals surface area contributed by atoms with Crippen LogP contribution in [0.1, 0.15) is 76.7 Å². The van der Waals surface area contributed by atoms with Gasteiger partial charge >= 0.3 is 5.97 Å². The molecule has 0 N–H and O–H groups in total. The van der Waals surface area contributed by atoms with E-state index in [9.17, 15) is 4.79 Å². The molecule has 0 saturated heterocycles. The second kappa shape index (κ2) is 7.03. The van der Waals surface area contributed by atoms with Gasteiger partial charge in [0.05, 0.1) is 12.2 Å². The Morgan fingerprint density at radius 3 is 2.24 bits per heavy atom. The molecule has 2 aromatic rings. The Kier molecular flexibility index (Phi) is 4.61. The van der Waals surface area contributed by atoms with Crippen molar-refractivity contribution in [2.24, 2.45) is 0 Å². The van der Waals surface area contributed by atoms with E-state index in [-0.39, 0.29) is 5.97 Å². The minimum atomic E-state index is -0.238. The average Bonchev–Trinajstić information content (AvgIpc) is 2.63. The zero-order valence-electron chi connectivity index (χ0n) is 15.0. The fourth-order valence-electron chi connectivity index (χ4n) is 4.61. The molecule has 0 bridgehead atoms. The number of benzene rings is 2. The minimum Gasteiger partial charge on any atom is -0.462 e. The van der Waals surface area contributed by atoms with Gasteiger partial charge in [0.1, 0.15) is 0 Å². The molecule has 2 nitrogen and oxygen atoms in total. The summed E-state index contributed by atoms with van der Waals surface area (Å²) in [6.45, 7) is 2.25. The van der Waals surface area contributed by atoms with Gasteiger partial charge in [-0.3, -0.25) is 0 Å². The Bertz CT molecular complexity index is 742. The third kappa shape index (κ3) is 3.35. The highest BCUT2D eigenvalue weighted by molar-refractivity contribution is 5.89. The van der Waals surface area contributed by atoms with E-state index in [1.165, 1.54) is 49.7 Å². The highest BCUT2D eigenvalue weighted by Crippen LogP contribution is 2.41. The van der Waals surface area contributed by atoms with Crippen molar-refractivity contribution in [2.45, 2.75) is 57.8 Å². The second-order valence-corrected chi connectivity index (χ2v) is 7.40. The first-order chi connectivity index (χ1) is 12.2. The highest BCUT2D eigenvalue weighted by Gasteiger charge is 2.26. The maximum absolute atomic E-state index is 11.8. The van der Waals surface area contributed by atoms with E-state index in [1.807, 2.05) is 19.1 Å². The summed E-state index contributed by atoms with van der Waals surface area (Å²) < 4.78 is 5.06. The maximum Gasteiger partial charge on any atom is 0.338 e. The molecule has 0 unspecified atom stereocenters. The van der Waals surface area contributed by atoms with Crippen molar-refractivity contribution < 1.29 is 9.53 Å². The summed E-state index contributed by atoms with van der Waals surface area (Å²) in [5, 5.41) is 0. The van der Waals surface area contributed by atoms with Crippen LogP contribution >= 0.6 is 0 Å². The summed E-state index contributed by atoms with van der Waals surface area (Å²) in [6.07, 6.45) is 8.88. The standard InChI is InChI=1S/C23H26O2/c1-2-25-23(24)19-11-9-16(10-12-19)13-17-14-20-7-3-5-18-6-4-8-21(15-17)22(18)20/h9-12,14-15,18H,2-8,13H2,1H3. The number of rotatable bonds is 4. The quantitative estimate of drug-likeness (QED) is 0.717. The van der Waals surface area contributed by atoms with Crippen molar-refractivity contribution >= 4 is 5.97 Å². The molecule has 0 aliphatic heterocycles. The average molecular weight is 334 g/mol. The molecule has 0 heterocycles. The third-order valence-electron chi connectivity index (χ3n) is 5.69. The van der Waals surface area contributed by atoms with Crippen LogP contribution in [0.5, 0.6) is 0 Å². The Morgan fingerprint density at radius 1 is 1.00 bits per heavy atom. The van der Waals surface area contributed by atoms with Crippen molar-refractivity contribution in [1.82, 2.24) is 0 Å². The zero-order valence-corrected chi connectivity index (χ0v) is 15.0. The molecule has 0 radical (unpaired) electrons. The van der Waals surface area contributed by atoms with Gasteiger partial charge in [-0.15, -0.1) is 0 Å². The summed E-state index contributed by atoms with van der Waals surface area (Å²) in [5.41, 5.74) is 8.20. The molecule has 2 heteroatoms. The molecule has 0 atom stereocenters. The van der Waals surface area contributed by atoms with E-state index < -0.39 is 0 Å². The Labute approximate surface area is 150 Å². The van der Waals surface area contributed by atoms with Gasteiger partial charge in [0.15, 0.2) is 0 Å². The van der Waals surface area contributed by atoms with Crippen molar-refractivity contribution in [3.05, 3.63) is 69.8 Å². The monoisotopic (exact) mass is 334 g/mol. The van der Waals surface area contributed by atoms with Crippen molar-refractivity contribution in [3.8, 4) is 0 Å². The molecule has 0 aromatic heterocycles. The van der Waals surface area contributed by atoms with Crippen molar-refractivity contribution in [1.29, 1.82) is 0 Å².